The number of allylic oxidation sites excluding steroid dienone is 7. The molecule has 4 aliphatic rings. The Morgan fingerprint density at radius 3 is 2.50 bits per heavy atom. The van der Waals surface area contributed by atoms with Gasteiger partial charge in [0.05, 0.1) is 0 Å². The minimum absolute atomic E-state index is 0.235. The van der Waals surface area contributed by atoms with Crippen LogP contribution in [0.4, 0.5) is 0 Å². The van der Waals surface area contributed by atoms with E-state index >= 15 is 0 Å². The Morgan fingerprint density at radius 2 is 1.87 bits per heavy atom. The lowest BCUT2D eigenvalue weighted by Crippen LogP contribution is -2.39. The van der Waals surface area contributed by atoms with Gasteiger partial charge in [-0.25, -0.2) is 0 Å². The van der Waals surface area contributed by atoms with Gasteiger partial charge in [-0.2, -0.15) is 0 Å². The smallest absolute Gasteiger partial charge is 0.0171 e. The van der Waals surface area contributed by atoms with E-state index in [0.717, 1.165) is 25.0 Å². The van der Waals surface area contributed by atoms with Crippen LogP contribution in [0.25, 0.3) is 0 Å². The zero-order valence-corrected chi connectivity index (χ0v) is 25.9. The van der Waals surface area contributed by atoms with E-state index in [1.807, 2.05) is 0 Å². The van der Waals surface area contributed by atoms with Crippen LogP contribution in [-0.2, 0) is 0 Å². The van der Waals surface area contributed by atoms with Gasteiger partial charge in [-0.05, 0) is 105 Å². The Labute approximate surface area is 236 Å². The Hall–Kier alpha value is -1.56. The van der Waals surface area contributed by atoms with Crippen molar-refractivity contribution in [3.8, 4) is 12.3 Å². The van der Waals surface area contributed by atoms with Crippen molar-refractivity contribution < 1.29 is 0 Å². The predicted molar refractivity (Wildman–Crippen MR) is 167 cm³/mol. The lowest BCUT2D eigenvalue weighted by molar-refractivity contribution is 0.168. The van der Waals surface area contributed by atoms with E-state index in [4.69, 9.17) is 5.73 Å². The van der Waals surface area contributed by atoms with Crippen LogP contribution in [-0.4, -0.2) is 30.1 Å². The second-order valence-electron chi connectivity index (χ2n) is 13.7. The maximum absolute atomic E-state index is 6.31. The van der Waals surface area contributed by atoms with Crippen molar-refractivity contribution in [3.63, 3.8) is 0 Å². The summed E-state index contributed by atoms with van der Waals surface area (Å²) in [7, 11) is 0. The third-order valence-electron chi connectivity index (χ3n) is 10.5. The molecule has 1 aliphatic heterocycles. The van der Waals surface area contributed by atoms with E-state index in [2.05, 4.69) is 102 Å². The molecule has 3 fully saturated rings. The molecule has 0 amide bonds. The van der Waals surface area contributed by atoms with Gasteiger partial charge >= 0.3 is 0 Å². The first-order chi connectivity index (χ1) is 18.1. The monoisotopic (exact) mass is 518 g/mol. The fourth-order valence-electron chi connectivity index (χ4n) is 8.25. The highest BCUT2D eigenvalue weighted by atomic mass is 15.2. The molecule has 9 unspecified atom stereocenters. The summed E-state index contributed by atoms with van der Waals surface area (Å²) in [5, 5.41) is 0. The first kappa shape index (κ1) is 31.0. The van der Waals surface area contributed by atoms with Gasteiger partial charge in [0.15, 0.2) is 0 Å². The first-order valence-electron chi connectivity index (χ1n) is 15.6. The van der Waals surface area contributed by atoms with Crippen LogP contribution in [0.15, 0.2) is 47.6 Å². The molecule has 3 aliphatic carbocycles. The van der Waals surface area contributed by atoms with Crippen molar-refractivity contribution >= 4 is 0 Å². The maximum atomic E-state index is 6.31. The van der Waals surface area contributed by atoms with Gasteiger partial charge in [0.25, 0.3) is 0 Å². The average molecular weight is 519 g/mol. The number of nitrogens with two attached hydrogens (primary N) is 1. The van der Waals surface area contributed by atoms with Crippen molar-refractivity contribution in [2.45, 2.75) is 106 Å². The highest BCUT2D eigenvalue weighted by Crippen LogP contribution is 2.49. The molecular formula is C36H58N2. The molecule has 0 aromatic heterocycles. The summed E-state index contributed by atoms with van der Waals surface area (Å²) in [5.74, 6) is 6.97. The van der Waals surface area contributed by atoms with Crippen molar-refractivity contribution in [2.75, 3.05) is 13.1 Å². The lowest BCUT2D eigenvalue weighted by Gasteiger charge is -2.45. The van der Waals surface area contributed by atoms with Crippen LogP contribution >= 0.6 is 0 Å². The second kappa shape index (κ2) is 13.7. The first-order valence-corrected chi connectivity index (χ1v) is 15.6. The Balaban J connectivity index is 0.00000127. The van der Waals surface area contributed by atoms with Crippen molar-refractivity contribution in [1.29, 1.82) is 0 Å². The third-order valence-corrected chi connectivity index (χ3v) is 10.5. The standard InChI is InChI=1S/C33H54N2.C3H4/c1-8-11-22(2)23(3)32-25(14-15-26-20-27(33(5,6)7)16-17-28(26)32)18-19-35-24(4)30(21-34)29-12-9-10-13-31(29)35;1-3-2/h8,11,16-18,20,22-24,26,28-32H,9-10,12-15,19,21,34H2,1-7H3;1H,2H3/b11-8-,25-18-;. The van der Waals surface area contributed by atoms with Crippen molar-refractivity contribution in [3.05, 3.63) is 47.6 Å². The fraction of sp³-hybridized carbons (Fsp3) is 0.722. The summed E-state index contributed by atoms with van der Waals surface area (Å²) in [6.07, 6.45) is 27.8. The van der Waals surface area contributed by atoms with E-state index in [1.165, 1.54) is 44.1 Å². The average Bonchev–Trinajstić information content (AvgIpc) is 3.16. The molecule has 1 saturated heterocycles. The molecule has 2 N–H and O–H groups in total. The number of likely N-dealkylation sites (tertiary alicyclic amines) is 1. The van der Waals surface area contributed by atoms with E-state index in [0.29, 0.717) is 41.5 Å². The molecule has 1 heterocycles. The molecular weight excluding hydrogens is 460 g/mol. The summed E-state index contributed by atoms with van der Waals surface area (Å²) in [4.78, 5) is 2.85. The predicted octanol–water partition coefficient (Wildman–Crippen LogP) is 8.42. The zero-order valence-electron chi connectivity index (χ0n) is 25.9. The maximum Gasteiger partial charge on any atom is 0.0171 e. The SMILES string of the molecule is C#CC.C/C=C\C(C)C(C)C1/C(=C\CN2C(C)C(CN)C3CCCCC32)CCC2C=C(C(C)(C)C)C=CC21. The molecule has 0 spiro atoms. The largest absolute Gasteiger partial charge is 0.330 e. The number of fused-ring (bicyclic) bond motifs is 2. The van der Waals surface area contributed by atoms with Crippen LogP contribution in [0.1, 0.15) is 93.9 Å². The Bertz CT molecular complexity index is 922. The zero-order chi connectivity index (χ0) is 28.0. The number of nitrogens with zero attached hydrogens (tertiary/aromatic N) is 1. The summed E-state index contributed by atoms with van der Waals surface area (Å²) in [5.41, 5.74) is 9.81. The highest BCUT2D eigenvalue weighted by molar-refractivity contribution is 5.34. The molecule has 0 bridgehead atoms. The minimum Gasteiger partial charge on any atom is -0.330 e. The van der Waals surface area contributed by atoms with Gasteiger partial charge in [-0.3, -0.25) is 4.90 Å². The van der Waals surface area contributed by atoms with Crippen LogP contribution in [0, 0.1) is 59.2 Å². The summed E-state index contributed by atoms with van der Waals surface area (Å²) in [6.45, 7) is 20.3. The molecule has 2 heteroatoms. The van der Waals surface area contributed by atoms with Gasteiger partial charge in [0, 0.05) is 18.6 Å². The highest BCUT2D eigenvalue weighted by Gasteiger charge is 2.46. The van der Waals surface area contributed by atoms with Crippen molar-refractivity contribution in [1.82, 2.24) is 4.90 Å². The summed E-state index contributed by atoms with van der Waals surface area (Å²) in [6, 6.07) is 1.37. The normalized spacial score (nSPS) is 36.1. The van der Waals surface area contributed by atoms with E-state index in [9.17, 15) is 0 Å². The molecule has 2 saturated carbocycles. The molecule has 9 atom stereocenters. The van der Waals surface area contributed by atoms with Gasteiger partial charge in [0.1, 0.15) is 0 Å². The summed E-state index contributed by atoms with van der Waals surface area (Å²) < 4.78 is 0. The number of hydrogen-bond acceptors (Lipinski definition) is 2. The van der Waals surface area contributed by atoms with Crippen LogP contribution < -0.4 is 5.73 Å². The van der Waals surface area contributed by atoms with E-state index < -0.39 is 0 Å². The second-order valence-corrected chi connectivity index (χ2v) is 13.7. The van der Waals surface area contributed by atoms with Gasteiger partial charge in [-0.15, -0.1) is 12.3 Å². The molecule has 2 nitrogen and oxygen atoms in total. The van der Waals surface area contributed by atoms with Crippen LogP contribution in [0.3, 0.4) is 0 Å². The van der Waals surface area contributed by atoms with Gasteiger partial charge in [-0.1, -0.05) is 89.5 Å². The number of hydrogen-bond donors (Lipinski definition) is 1. The van der Waals surface area contributed by atoms with Crippen LogP contribution in [0.5, 0.6) is 0 Å². The minimum atomic E-state index is 0.235. The number of rotatable bonds is 6. The Morgan fingerprint density at radius 1 is 1.18 bits per heavy atom. The Kier molecular flexibility index (Phi) is 11.1. The number of terminal acetylenes is 1. The van der Waals surface area contributed by atoms with E-state index in [1.54, 1.807) is 12.5 Å². The van der Waals surface area contributed by atoms with Crippen molar-refractivity contribution in [2.24, 2.45) is 52.6 Å². The van der Waals surface area contributed by atoms with Gasteiger partial charge in [0.2, 0.25) is 0 Å². The lowest BCUT2D eigenvalue weighted by atomic mass is 9.60. The third kappa shape index (κ3) is 6.77. The molecule has 38 heavy (non-hydrogen) atoms. The van der Waals surface area contributed by atoms with E-state index in [-0.39, 0.29) is 5.41 Å². The summed E-state index contributed by atoms with van der Waals surface area (Å²) >= 11 is 0. The van der Waals surface area contributed by atoms with Crippen LogP contribution in [0.2, 0.25) is 0 Å². The molecule has 4 rings (SSSR count). The molecule has 0 aromatic carbocycles. The molecule has 212 valence electrons. The molecule has 0 aromatic rings. The fourth-order valence-corrected chi connectivity index (χ4v) is 8.25. The molecule has 0 radical (unpaired) electrons. The topological polar surface area (TPSA) is 29.3 Å². The quantitative estimate of drug-likeness (QED) is 0.282. The van der Waals surface area contributed by atoms with Gasteiger partial charge < -0.3 is 5.73 Å².